The van der Waals surface area contributed by atoms with Gasteiger partial charge in [0.05, 0.1) is 12.2 Å². The molecule has 0 radical (unpaired) electrons. The number of ether oxygens (including phenoxy) is 2. The van der Waals surface area contributed by atoms with Crippen LogP contribution in [0.4, 0.5) is 0 Å². The Hall–Kier alpha value is -2.31. The molecule has 0 bridgehead atoms. The summed E-state index contributed by atoms with van der Waals surface area (Å²) in [5, 5.41) is 0. The molecule has 0 saturated carbocycles. The molecule has 0 aromatic carbocycles. The average molecular weight is 268 g/mol. The van der Waals surface area contributed by atoms with Gasteiger partial charge in [-0.1, -0.05) is 0 Å². The first-order valence-electron chi connectivity index (χ1n) is 5.70. The first kappa shape index (κ1) is 14.7. The molecule has 0 unspecified atom stereocenters. The van der Waals surface area contributed by atoms with Crippen LogP contribution >= 0.6 is 0 Å². The first-order chi connectivity index (χ1) is 8.88. The predicted octanol–water partition coefficient (Wildman–Crippen LogP) is 0.450. The van der Waals surface area contributed by atoms with Crippen LogP contribution in [0.3, 0.4) is 0 Å². The van der Waals surface area contributed by atoms with Gasteiger partial charge in [0.1, 0.15) is 5.69 Å². The molecule has 7 nitrogen and oxygen atoms in total. The van der Waals surface area contributed by atoms with E-state index in [2.05, 4.69) is 4.98 Å². The quantitative estimate of drug-likeness (QED) is 0.753. The van der Waals surface area contributed by atoms with Crippen molar-refractivity contribution in [2.24, 2.45) is 5.73 Å². The Balaban J connectivity index is 2.99. The SMILES string of the molecule is CCOC(=O)c1[nH]c(C)c(C(=O)OCC(N)=O)c1C. The fourth-order valence-corrected chi connectivity index (χ4v) is 1.67. The van der Waals surface area contributed by atoms with E-state index in [9.17, 15) is 14.4 Å². The Morgan fingerprint density at radius 1 is 1.16 bits per heavy atom. The van der Waals surface area contributed by atoms with Gasteiger partial charge in [-0.3, -0.25) is 4.79 Å². The molecule has 0 aliphatic carbocycles. The van der Waals surface area contributed by atoms with Gasteiger partial charge in [-0.25, -0.2) is 9.59 Å². The smallest absolute Gasteiger partial charge is 0.355 e. The van der Waals surface area contributed by atoms with Gasteiger partial charge in [-0.15, -0.1) is 0 Å². The molecular weight excluding hydrogens is 252 g/mol. The van der Waals surface area contributed by atoms with Crippen LogP contribution in [0.1, 0.15) is 39.0 Å². The van der Waals surface area contributed by atoms with Crippen molar-refractivity contribution in [3.63, 3.8) is 0 Å². The third kappa shape index (κ3) is 3.34. The van der Waals surface area contributed by atoms with E-state index in [4.69, 9.17) is 15.2 Å². The molecule has 0 saturated heterocycles. The number of hydrogen-bond donors (Lipinski definition) is 2. The summed E-state index contributed by atoms with van der Waals surface area (Å²) in [5.41, 5.74) is 6.19. The molecule has 1 aromatic rings. The van der Waals surface area contributed by atoms with Gasteiger partial charge in [0, 0.05) is 5.69 Å². The summed E-state index contributed by atoms with van der Waals surface area (Å²) in [6, 6.07) is 0. The Kier molecular flexibility index (Phi) is 4.68. The lowest BCUT2D eigenvalue weighted by molar-refractivity contribution is -0.121. The third-order valence-electron chi connectivity index (χ3n) is 2.47. The predicted molar refractivity (Wildman–Crippen MR) is 65.7 cm³/mol. The molecule has 3 N–H and O–H groups in total. The van der Waals surface area contributed by atoms with Crippen molar-refractivity contribution in [2.45, 2.75) is 20.8 Å². The summed E-state index contributed by atoms with van der Waals surface area (Å²) in [6.45, 7) is 4.63. The van der Waals surface area contributed by atoms with Crippen LogP contribution in [0.15, 0.2) is 0 Å². The second-order valence-corrected chi connectivity index (χ2v) is 3.89. The summed E-state index contributed by atoms with van der Waals surface area (Å²) < 4.78 is 9.58. The summed E-state index contributed by atoms with van der Waals surface area (Å²) in [5.74, 6) is -2.00. The van der Waals surface area contributed by atoms with Crippen molar-refractivity contribution in [2.75, 3.05) is 13.2 Å². The number of amides is 1. The molecule has 0 atom stereocenters. The average Bonchev–Trinajstić information content (AvgIpc) is 2.62. The zero-order valence-electron chi connectivity index (χ0n) is 11.0. The van der Waals surface area contributed by atoms with E-state index in [1.807, 2.05) is 0 Å². The maximum absolute atomic E-state index is 11.8. The van der Waals surface area contributed by atoms with Crippen LogP contribution in [-0.4, -0.2) is 36.0 Å². The molecular formula is C12H16N2O5. The highest BCUT2D eigenvalue weighted by Crippen LogP contribution is 2.19. The van der Waals surface area contributed by atoms with Crippen LogP contribution in [0, 0.1) is 13.8 Å². The highest BCUT2D eigenvalue weighted by Gasteiger charge is 2.23. The number of carbonyl (C=O) groups is 3. The van der Waals surface area contributed by atoms with Gasteiger partial charge in [0.25, 0.3) is 5.91 Å². The number of primary amides is 1. The minimum absolute atomic E-state index is 0.199. The third-order valence-corrected chi connectivity index (χ3v) is 2.47. The maximum atomic E-state index is 11.8. The topological polar surface area (TPSA) is 111 Å². The number of nitrogens with one attached hydrogen (secondary N) is 1. The van der Waals surface area contributed by atoms with Crippen molar-refractivity contribution in [1.29, 1.82) is 0 Å². The summed E-state index contributed by atoms with van der Waals surface area (Å²) in [4.78, 5) is 36.8. The Labute approximate surface area is 110 Å². The van der Waals surface area contributed by atoms with Crippen LogP contribution < -0.4 is 5.73 Å². The molecule has 1 amide bonds. The van der Waals surface area contributed by atoms with Crippen LogP contribution in [0.2, 0.25) is 0 Å². The van der Waals surface area contributed by atoms with E-state index < -0.39 is 24.5 Å². The summed E-state index contributed by atoms with van der Waals surface area (Å²) in [6.07, 6.45) is 0. The van der Waals surface area contributed by atoms with Crippen LogP contribution in [0.25, 0.3) is 0 Å². The van der Waals surface area contributed by atoms with Gasteiger partial charge in [0.2, 0.25) is 0 Å². The lowest BCUT2D eigenvalue weighted by atomic mass is 10.1. The van der Waals surface area contributed by atoms with E-state index >= 15 is 0 Å². The van der Waals surface area contributed by atoms with Crippen molar-refractivity contribution in [3.8, 4) is 0 Å². The van der Waals surface area contributed by atoms with Gasteiger partial charge >= 0.3 is 11.9 Å². The minimum atomic E-state index is -0.746. The number of aromatic nitrogens is 1. The molecule has 1 heterocycles. The molecule has 0 spiro atoms. The van der Waals surface area contributed by atoms with E-state index in [1.165, 1.54) is 0 Å². The van der Waals surface area contributed by atoms with E-state index in [0.29, 0.717) is 11.3 Å². The number of aryl methyl sites for hydroxylation is 1. The minimum Gasteiger partial charge on any atom is -0.461 e. The number of aromatic amines is 1. The van der Waals surface area contributed by atoms with Gasteiger partial charge < -0.3 is 20.2 Å². The molecule has 0 fully saturated rings. The lowest BCUT2D eigenvalue weighted by Crippen LogP contribution is -2.21. The van der Waals surface area contributed by atoms with Gasteiger partial charge in [-0.2, -0.15) is 0 Å². The van der Waals surface area contributed by atoms with Crippen molar-refractivity contribution in [1.82, 2.24) is 4.98 Å². The number of H-pyrrole nitrogens is 1. The number of nitrogens with two attached hydrogens (primary N) is 1. The number of rotatable bonds is 5. The Bertz CT molecular complexity index is 518. The second-order valence-electron chi connectivity index (χ2n) is 3.89. The van der Waals surface area contributed by atoms with Gasteiger partial charge in [-0.05, 0) is 26.3 Å². The number of esters is 2. The summed E-state index contributed by atoms with van der Waals surface area (Å²) >= 11 is 0. The second kappa shape index (κ2) is 6.03. The number of hydrogen-bond acceptors (Lipinski definition) is 5. The monoisotopic (exact) mass is 268 g/mol. The largest absolute Gasteiger partial charge is 0.461 e. The molecule has 0 aliphatic heterocycles. The normalized spacial score (nSPS) is 10.1. The van der Waals surface area contributed by atoms with E-state index in [1.54, 1.807) is 20.8 Å². The van der Waals surface area contributed by atoms with E-state index in [0.717, 1.165) is 0 Å². The highest BCUT2D eigenvalue weighted by atomic mass is 16.5. The van der Waals surface area contributed by atoms with Crippen LogP contribution in [0.5, 0.6) is 0 Å². The molecule has 1 aromatic heterocycles. The Morgan fingerprint density at radius 3 is 2.32 bits per heavy atom. The lowest BCUT2D eigenvalue weighted by Gasteiger charge is -2.03. The molecule has 1 rings (SSSR count). The Morgan fingerprint density at radius 2 is 1.79 bits per heavy atom. The molecule has 7 heteroatoms. The van der Waals surface area contributed by atoms with E-state index in [-0.39, 0.29) is 17.9 Å². The fourth-order valence-electron chi connectivity index (χ4n) is 1.67. The van der Waals surface area contributed by atoms with Crippen molar-refractivity contribution in [3.05, 3.63) is 22.5 Å². The van der Waals surface area contributed by atoms with Crippen molar-refractivity contribution >= 4 is 17.8 Å². The number of carbonyl (C=O) groups excluding carboxylic acids is 3. The van der Waals surface area contributed by atoms with Crippen LogP contribution in [-0.2, 0) is 14.3 Å². The summed E-state index contributed by atoms with van der Waals surface area (Å²) in [7, 11) is 0. The molecule has 19 heavy (non-hydrogen) atoms. The molecule has 104 valence electrons. The highest BCUT2D eigenvalue weighted by molar-refractivity contribution is 5.99. The first-order valence-corrected chi connectivity index (χ1v) is 5.70. The maximum Gasteiger partial charge on any atom is 0.355 e. The molecule has 0 aliphatic rings. The van der Waals surface area contributed by atoms with Gasteiger partial charge in [0.15, 0.2) is 6.61 Å². The fraction of sp³-hybridized carbons (Fsp3) is 0.417. The zero-order valence-corrected chi connectivity index (χ0v) is 11.0. The van der Waals surface area contributed by atoms with Crippen molar-refractivity contribution < 1.29 is 23.9 Å². The zero-order chi connectivity index (χ0) is 14.6. The standard InChI is InChI=1S/C12H16N2O5/c1-4-18-12(17)10-6(2)9(7(3)14-10)11(16)19-5-8(13)15/h14H,4-5H2,1-3H3,(H2,13,15).